The maximum Gasteiger partial charge on any atom is 0.0328 e. The van der Waals surface area contributed by atoms with Crippen LogP contribution in [0.4, 0.5) is 0 Å². The number of hydrogen-bond acceptors (Lipinski definition) is 1. The highest BCUT2D eigenvalue weighted by molar-refractivity contribution is 5.45. The van der Waals surface area contributed by atoms with E-state index in [-0.39, 0.29) is 6.04 Å². The van der Waals surface area contributed by atoms with Gasteiger partial charge in [-0.25, -0.2) is 0 Å². The number of nitrogens with two attached hydrogens (primary N) is 1. The van der Waals surface area contributed by atoms with E-state index in [1.807, 2.05) is 0 Å². The van der Waals surface area contributed by atoms with Gasteiger partial charge in [0.1, 0.15) is 0 Å². The first kappa shape index (κ1) is 14.2. The van der Waals surface area contributed by atoms with Crippen molar-refractivity contribution < 1.29 is 0 Å². The Bertz CT molecular complexity index is 363. The lowest BCUT2D eigenvalue weighted by atomic mass is 9.82. The molecule has 0 saturated carbocycles. The molecule has 0 radical (unpaired) electrons. The molecule has 2 N–H and O–H groups in total. The lowest BCUT2D eigenvalue weighted by Crippen LogP contribution is -2.23. The third-order valence-electron chi connectivity index (χ3n) is 4.31. The van der Waals surface area contributed by atoms with Crippen LogP contribution in [-0.4, -0.2) is 0 Å². The molecule has 1 aromatic carbocycles. The van der Waals surface area contributed by atoms with Crippen molar-refractivity contribution in [1.29, 1.82) is 0 Å². The maximum atomic E-state index is 6.50. The van der Waals surface area contributed by atoms with Gasteiger partial charge in [-0.05, 0) is 61.4 Å². The molecule has 0 amide bonds. The summed E-state index contributed by atoms with van der Waals surface area (Å²) in [7, 11) is 0. The third kappa shape index (κ3) is 2.71. The van der Waals surface area contributed by atoms with E-state index in [1.54, 1.807) is 0 Å². The van der Waals surface area contributed by atoms with Gasteiger partial charge in [0, 0.05) is 6.04 Å². The molecule has 96 valence electrons. The Morgan fingerprint density at radius 3 is 1.71 bits per heavy atom. The van der Waals surface area contributed by atoms with Crippen molar-refractivity contribution in [3.8, 4) is 0 Å². The van der Waals surface area contributed by atoms with E-state index in [2.05, 4.69) is 47.6 Å². The standard InChI is InChI=1S/C16H27N/c1-7-14(8-2)16(17)15-12(5)10(3)9-11(4)13(15)6/h9,14,16H,7-8,17H2,1-6H3. The summed E-state index contributed by atoms with van der Waals surface area (Å²) < 4.78 is 0. The van der Waals surface area contributed by atoms with Crippen LogP contribution in [0.15, 0.2) is 6.07 Å². The van der Waals surface area contributed by atoms with Crippen molar-refractivity contribution in [2.24, 2.45) is 11.7 Å². The van der Waals surface area contributed by atoms with E-state index in [4.69, 9.17) is 5.73 Å². The lowest BCUT2D eigenvalue weighted by Gasteiger charge is -2.27. The Morgan fingerprint density at radius 1 is 0.941 bits per heavy atom. The third-order valence-corrected chi connectivity index (χ3v) is 4.31. The zero-order valence-corrected chi connectivity index (χ0v) is 12.2. The summed E-state index contributed by atoms with van der Waals surface area (Å²) in [5.74, 6) is 0.591. The Hall–Kier alpha value is -0.820. The zero-order valence-electron chi connectivity index (χ0n) is 12.2. The Balaban J connectivity index is 3.29. The van der Waals surface area contributed by atoms with Crippen molar-refractivity contribution >= 4 is 0 Å². The fraction of sp³-hybridized carbons (Fsp3) is 0.625. The van der Waals surface area contributed by atoms with Gasteiger partial charge in [0.25, 0.3) is 0 Å². The smallest absolute Gasteiger partial charge is 0.0328 e. The highest BCUT2D eigenvalue weighted by Gasteiger charge is 2.21. The summed E-state index contributed by atoms with van der Waals surface area (Å²) in [6.45, 7) is 13.3. The topological polar surface area (TPSA) is 26.0 Å². The molecule has 0 aliphatic carbocycles. The molecular weight excluding hydrogens is 206 g/mol. The SMILES string of the molecule is CCC(CC)C(N)c1c(C)c(C)cc(C)c1C. The molecule has 0 fully saturated rings. The van der Waals surface area contributed by atoms with E-state index < -0.39 is 0 Å². The lowest BCUT2D eigenvalue weighted by molar-refractivity contribution is 0.403. The summed E-state index contributed by atoms with van der Waals surface area (Å²) in [5.41, 5.74) is 13.4. The van der Waals surface area contributed by atoms with Gasteiger partial charge in [0.05, 0.1) is 0 Å². The first-order valence-electron chi connectivity index (χ1n) is 6.76. The van der Waals surface area contributed by atoms with Gasteiger partial charge in [-0.3, -0.25) is 0 Å². The molecule has 0 aliphatic rings. The predicted molar refractivity (Wildman–Crippen MR) is 76.4 cm³/mol. The van der Waals surface area contributed by atoms with Crippen molar-refractivity contribution in [1.82, 2.24) is 0 Å². The minimum absolute atomic E-state index is 0.184. The van der Waals surface area contributed by atoms with Crippen LogP contribution >= 0.6 is 0 Å². The molecule has 17 heavy (non-hydrogen) atoms. The van der Waals surface area contributed by atoms with Crippen LogP contribution in [0.5, 0.6) is 0 Å². The second-order valence-electron chi connectivity index (χ2n) is 5.28. The van der Waals surface area contributed by atoms with Crippen LogP contribution in [0.1, 0.15) is 60.5 Å². The van der Waals surface area contributed by atoms with E-state index in [0.717, 1.165) is 12.8 Å². The molecule has 0 spiro atoms. The molecule has 1 aromatic rings. The van der Waals surface area contributed by atoms with Crippen molar-refractivity contribution in [2.45, 2.75) is 60.4 Å². The van der Waals surface area contributed by atoms with Crippen LogP contribution in [-0.2, 0) is 0 Å². The molecule has 0 heterocycles. The maximum absolute atomic E-state index is 6.50. The molecule has 1 atom stereocenters. The molecule has 1 unspecified atom stereocenters. The van der Waals surface area contributed by atoms with Gasteiger partial charge in [-0.1, -0.05) is 32.8 Å². The molecule has 0 saturated heterocycles. The summed E-state index contributed by atoms with van der Waals surface area (Å²) in [4.78, 5) is 0. The van der Waals surface area contributed by atoms with Crippen LogP contribution in [0.25, 0.3) is 0 Å². The van der Waals surface area contributed by atoms with E-state index in [9.17, 15) is 0 Å². The molecule has 1 rings (SSSR count). The Labute approximate surface area is 106 Å². The average molecular weight is 233 g/mol. The monoisotopic (exact) mass is 233 g/mol. The van der Waals surface area contributed by atoms with E-state index in [0.29, 0.717) is 5.92 Å². The van der Waals surface area contributed by atoms with Gasteiger partial charge in [0.2, 0.25) is 0 Å². The Morgan fingerprint density at radius 2 is 1.35 bits per heavy atom. The number of rotatable bonds is 4. The van der Waals surface area contributed by atoms with Gasteiger partial charge in [-0.15, -0.1) is 0 Å². The van der Waals surface area contributed by atoms with Gasteiger partial charge < -0.3 is 5.73 Å². The second-order valence-corrected chi connectivity index (χ2v) is 5.28. The van der Waals surface area contributed by atoms with Crippen molar-refractivity contribution in [2.75, 3.05) is 0 Å². The highest BCUT2D eigenvalue weighted by Crippen LogP contribution is 2.32. The normalized spacial score (nSPS) is 13.2. The van der Waals surface area contributed by atoms with Gasteiger partial charge in [-0.2, -0.15) is 0 Å². The van der Waals surface area contributed by atoms with Crippen LogP contribution in [0, 0.1) is 33.6 Å². The molecule has 0 bridgehead atoms. The Kier molecular flexibility index (Phi) is 4.76. The molecule has 0 aliphatic heterocycles. The second kappa shape index (κ2) is 5.68. The fourth-order valence-electron chi connectivity index (χ4n) is 2.78. The first-order valence-corrected chi connectivity index (χ1v) is 6.76. The number of hydrogen-bond donors (Lipinski definition) is 1. The van der Waals surface area contributed by atoms with Gasteiger partial charge in [0.15, 0.2) is 0 Å². The minimum atomic E-state index is 0.184. The van der Waals surface area contributed by atoms with Crippen molar-refractivity contribution in [3.05, 3.63) is 33.9 Å². The summed E-state index contributed by atoms with van der Waals surface area (Å²) >= 11 is 0. The van der Waals surface area contributed by atoms with E-state index >= 15 is 0 Å². The number of benzene rings is 1. The van der Waals surface area contributed by atoms with E-state index in [1.165, 1.54) is 27.8 Å². The highest BCUT2D eigenvalue weighted by atomic mass is 14.7. The van der Waals surface area contributed by atoms with Crippen LogP contribution in [0.2, 0.25) is 0 Å². The zero-order chi connectivity index (χ0) is 13.2. The van der Waals surface area contributed by atoms with Gasteiger partial charge >= 0.3 is 0 Å². The fourth-order valence-corrected chi connectivity index (χ4v) is 2.78. The molecule has 1 heteroatoms. The summed E-state index contributed by atoms with van der Waals surface area (Å²) in [6, 6.07) is 2.46. The number of aryl methyl sites for hydroxylation is 2. The summed E-state index contributed by atoms with van der Waals surface area (Å²) in [5, 5.41) is 0. The summed E-state index contributed by atoms with van der Waals surface area (Å²) in [6.07, 6.45) is 2.31. The van der Waals surface area contributed by atoms with Crippen molar-refractivity contribution in [3.63, 3.8) is 0 Å². The first-order chi connectivity index (χ1) is 7.93. The quantitative estimate of drug-likeness (QED) is 0.821. The molecular formula is C16H27N. The predicted octanol–water partition coefficient (Wildman–Crippen LogP) is 4.36. The molecule has 1 nitrogen and oxygen atoms in total. The van der Waals surface area contributed by atoms with Crippen LogP contribution < -0.4 is 5.73 Å². The average Bonchev–Trinajstić information content (AvgIpc) is 2.28. The van der Waals surface area contributed by atoms with Crippen LogP contribution in [0.3, 0.4) is 0 Å². The minimum Gasteiger partial charge on any atom is -0.324 e. The largest absolute Gasteiger partial charge is 0.324 e. The molecule has 0 aromatic heterocycles.